The number of nitrogens with one attached hydrogen (secondary N) is 1. The third-order valence-electron chi connectivity index (χ3n) is 4.11. The number of anilines is 1. The highest BCUT2D eigenvalue weighted by Gasteiger charge is 2.37. The molecule has 3 aromatic rings. The lowest BCUT2D eigenvalue weighted by Crippen LogP contribution is -2.30. The third kappa shape index (κ3) is 3.90. The predicted octanol–water partition coefficient (Wildman–Crippen LogP) is 4.03. The minimum atomic E-state index is -0.557. The summed E-state index contributed by atoms with van der Waals surface area (Å²) in [5.74, 6) is -0.872. The summed E-state index contributed by atoms with van der Waals surface area (Å²) in [7, 11) is 1.64. The van der Waals surface area contributed by atoms with E-state index < -0.39 is 5.25 Å². The molecule has 1 atom stereocenters. The fourth-order valence-electron chi connectivity index (χ4n) is 2.70. The maximum atomic E-state index is 13.0. The molecule has 0 bridgehead atoms. The Hall–Kier alpha value is -2.78. The van der Waals surface area contributed by atoms with Gasteiger partial charge < -0.3 is 5.32 Å². The van der Waals surface area contributed by atoms with Crippen LogP contribution in [0.1, 0.15) is 6.42 Å². The first-order valence-electron chi connectivity index (χ1n) is 8.43. The van der Waals surface area contributed by atoms with Crippen LogP contribution in [-0.4, -0.2) is 39.2 Å². The fourth-order valence-corrected chi connectivity index (χ4v) is 4.73. The topological polar surface area (TPSA) is 74.7 Å². The first-order valence-corrected chi connectivity index (χ1v) is 10.1. The van der Waals surface area contributed by atoms with Crippen LogP contribution in [0.3, 0.4) is 0 Å². The van der Waals surface area contributed by atoms with Crippen molar-refractivity contribution in [1.29, 1.82) is 0 Å². The van der Waals surface area contributed by atoms with Gasteiger partial charge in [0.05, 0.1) is 10.2 Å². The Labute approximate surface area is 168 Å². The van der Waals surface area contributed by atoms with Crippen LogP contribution in [0.15, 0.2) is 53.5 Å². The Bertz CT molecular complexity index is 1050. The molecule has 2 aromatic carbocycles. The molecule has 1 aliphatic heterocycles. The number of amides is 2. The monoisotopic (exact) mass is 414 g/mol. The van der Waals surface area contributed by atoms with Crippen LogP contribution in [0.25, 0.3) is 10.2 Å². The average molecular weight is 414 g/mol. The number of thioether (sulfide) groups is 1. The number of carbonyl (C=O) groups is 2. The van der Waals surface area contributed by atoms with Gasteiger partial charge in [-0.2, -0.15) is 4.99 Å². The molecule has 0 radical (unpaired) electrons. The van der Waals surface area contributed by atoms with Gasteiger partial charge in [-0.15, -0.1) is 0 Å². The van der Waals surface area contributed by atoms with E-state index in [1.54, 1.807) is 7.05 Å². The third-order valence-corrected chi connectivity index (χ3v) is 6.27. The van der Waals surface area contributed by atoms with Gasteiger partial charge in [0.2, 0.25) is 16.9 Å². The molecule has 142 valence electrons. The molecule has 1 fully saturated rings. The Kier molecular flexibility index (Phi) is 5.10. The minimum absolute atomic E-state index is 0.00405. The number of thiazole rings is 1. The smallest absolute Gasteiger partial charge is 0.242 e. The zero-order valence-corrected chi connectivity index (χ0v) is 16.4. The Morgan fingerprint density at radius 3 is 2.75 bits per heavy atom. The number of hydrogen-bond donors (Lipinski definition) is 1. The number of carbonyl (C=O) groups excluding carboxylic acids is 2. The summed E-state index contributed by atoms with van der Waals surface area (Å²) in [4.78, 5) is 35.1. The van der Waals surface area contributed by atoms with Crippen molar-refractivity contribution in [3.8, 4) is 0 Å². The highest BCUT2D eigenvalue weighted by Crippen LogP contribution is 2.33. The highest BCUT2D eigenvalue weighted by atomic mass is 32.2. The van der Waals surface area contributed by atoms with Crippen molar-refractivity contribution >= 4 is 61.1 Å². The van der Waals surface area contributed by atoms with Gasteiger partial charge in [0, 0.05) is 19.2 Å². The van der Waals surface area contributed by atoms with Crippen molar-refractivity contribution in [2.24, 2.45) is 4.99 Å². The largest absolute Gasteiger partial charge is 0.326 e. The number of amidine groups is 1. The van der Waals surface area contributed by atoms with Gasteiger partial charge in [0.1, 0.15) is 11.1 Å². The number of hydrogen-bond acceptors (Lipinski definition) is 6. The van der Waals surface area contributed by atoms with Gasteiger partial charge in [-0.25, -0.2) is 9.37 Å². The molecule has 4 rings (SSSR count). The standard InChI is InChI=1S/C19H15FN4O2S2/c1-24-17(26)15(10-16(25)21-12-8-6-11(20)7-9-12)28-19(24)23-18-22-13-4-2-3-5-14(13)27-18/h2-9,15H,10H2,1H3,(H,21,25)/t15-/m0/s1. The molecular weight excluding hydrogens is 399 g/mol. The molecule has 0 unspecified atom stereocenters. The summed E-state index contributed by atoms with van der Waals surface area (Å²) in [6, 6.07) is 13.2. The van der Waals surface area contributed by atoms with Crippen LogP contribution >= 0.6 is 23.1 Å². The number of halogens is 1. The molecule has 2 amide bonds. The molecule has 0 aliphatic carbocycles. The zero-order valence-electron chi connectivity index (χ0n) is 14.8. The molecule has 2 heterocycles. The first-order chi connectivity index (χ1) is 13.5. The average Bonchev–Trinajstić information content (AvgIpc) is 3.20. The summed E-state index contributed by atoms with van der Waals surface area (Å²) in [5.41, 5.74) is 1.35. The van der Waals surface area contributed by atoms with Gasteiger partial charge >= 0.3 is 0 Å². The number of aliphatic imine (C=N–C) groups is 1. The molecule has 1 N–H and O–H groups in total. The molecular formula is C19H15FN4O2S2. The molecule has 9 heteroatoms. The van der Waals surface area contributed by atoms with Gasteiger partial charge in [0.15, 0.2) is 5.17 Å². The van der Waals surface area contributed by atoms with E-state index in [0.717, 1.165) is 10.2 Å². The van der Waals surface area contributed by atoms with Crippen molar-refractivity contribution < 1.29 is 14.0 Å². The van der Waals surface area contributed by atoms with Crippen molar-refractivity contribution in [2.75, 3.05) is 12.4 Å². The van der Waals surface area contributed by atoms with E-state index in [-0.39, 0.29) is 24.1 Å². The van der Waals surface area contributed by atoms with Crippen molar-refractivity contribution in [3.63, 3.8) is 0 Å². The molecule has 28 heavy (non-hydrogen) atoms. The number of benzene rings is 2. The van der Waals surface area contributed by atoms with E-state index in [0.29, 0.717) is 16.0 Å². The number of nitrogens with zero attached hydrogens (tertiary/aromatic N) is 3. The molecule has 1 aromatic heterocycles. The Morgan fingerprint density at radius 2 is 2.00 bits per heavy atom. The van der Waals surface area contributed by atoms with Crippen LogP contribution in [0.5, 0.6) is 0 Å². The summed E-state index contributed by atoms with van der Waals surface area (Å²) in [6.45, 7) is 0. The lowest BCUT2D eigenvalue weighted by Gasteiger charge is -2.09. The SMILES string of the molecule is CN1C(=O)[C@H](CC(=O)Nc2ccc(F)cc2)SC1=Nc1nc2ccccc2s1. The maximum Gasteiger partial charge on any atom is 0.242 e. The lowest BCUT2D eigenvalue weighted by molar-refractivity contribution is -0.127. The molecule has 1 aliphatic rings. The Balaban J connectivity index is 1.45. The number of para-hydroxylation sites is 1. The minimum Gasteiger partial charge on any atom is -0.326 e. The summed E-state index contributed by atoms with van der Waals surface area (Å²) in [6.07, 6.45) is 0.00405. The van der Waals surface area contributed by atoms with Crippen LogP contribution in [-0.2, 0) is 9.59 Å². The van der Waals surface area contributed by atoms with Gasteiger partial charge in [-0.05, 0) is 36.4 Å². The van der Waals surface area contributed by atoms with Crippen molar-refractivity contribution in [1.82, 2.24) is 9.88 Å². The number of fused-ring (bicyclic) bond motifs is 1. The maximum absolute atomic E-state index is 13.0. The molecule has 0 saturated carbocycles. The zero-order chi connectivity index (χ0) is 19.7. The highest BCUT2D eigenvalue weighted by molar-refractivity contribution is 8.15. The lowest BCUT2D eigenvalue weighted by atomic mass is 10.2. The second-order valence-electron chi connectivity index (χ2n) is 6.12. The molecule has 6 nitrogen and oxygen atoms in total. The van der Waals surface area contributed by atoms with Crippen LogP contribution in [0, 0.1) is 5.82 Å². The number of aromatic nitrogens is 1. The Morgan fingerprint density at radius 1 is 1.25 bits per heavy atom. The van der Waals surface area contributed by atoms with E-state index in [1.807, 2.05) is 24.3 Å². The van der Waals surface area contributed by atoms with E-state index in [9.17, 15) is 14.0 Å². The van der Waals surface area contributed by atoms with Gasteiger partial charge in [-0.1, -0.05) is 35.2 Å². The second kappa shape index (κ2) is 7.69. The van der Waals surface area contributed by atoms with Crippen LogP contribution in [0.4, 0.5) is 15.2 Å². The quantitative estimate of drug-likeness (QED) is 0.700. The van der Waals surface area contributed by atoms with Crippen molar-refractivity contribution in [3.05, 3.63) is 54.3 Å². The summed E-state index contributed by atoms with van der Waals surface area (Å²) >= 11 is 2.69. The normalized spacial score (nSPS) is 18.2. The van der Waals surface area contributed by atoms with E-state index in [4.69, 9.17) is 0 Å². The van der Waals surface area contributed by atoms with Gasteiger partial charge in [0.25, 0.3) is 0 Å². The van der Waals surface area contributed by atoms with Gasteiger partial charge in [-0.3, -0.25) is 14.5 Å². The summed E-state index contributed by atoms with van der Waals surface area (Å²) < 4.78 is 14.0. The second-order valence-corrected chi connectivity index (χ2v) is 8.30. The van der Waals surface area contributed by atoms with Crippen molar-refractivity contribution in [2.45, 2.75) is 11.7 Å². The molecule has 0 spiro atoms. The van der Waals surface area contributed by atoms with E-state index in [2.05, 4.69) is 15.3 Å². The fraction of sp³-hybridized carbons (Fsp3) is 0.158. The summed E-state index contributed by atoms with van der Waals surface area (Å²) in [5, 5.41) is 3.20. The van der Waals surface area contributed by atoms with E-state index in [1.165, 1.54) is 52.3 Å². The predicted molar refractivity (Wildman–Crippen MR) is 111 cm³/mol. The van der Waals surface area contributed by atoms with E-state index >= 15 is 0 Å². The van der Waals surface area contributed by atoms with Crippen LogP contribution < -0.4 is 5.32 Å². The van der Waals surface area contributed by atoms with Crippen LogP contribution in [0.2, 0.25) is 0 Å². The number of rotatable bonds is 4. The first kappa shape index (κ1) is 18.6. The molecule has 1 saturated heterocycles.